The van der Waals surface area contributed by atoms with E-state index in [0.29, 0.717) is 17.1 Å². The van der Waals surface area contributed by atoms with E-state index >= 15 is 0 Å². The Kier molecular flexibility index (Phi) is 6.34. The van der Waals surface area contributed by atoms with Crippen LogP contribution in [-0.2, 0) is 4.79 Å². The van der Waals surface area contributed by atoms with Crippen LogP contribution in [0.2, 0.25) is 0 Å². The number of ketones is 1. The Balaban J connectivity index is 2.01. The van der Waals surface area contributed by atoms with Crippen molar-refractivity contribution in [3.8, 4) is 0 Å². The molecule has 0 unspecified atom stereocenters. The summed E-state index contributed by atoms with van der Waals surface area (Å²) in [6.07, 6.45) is 3.89. The Morgan fingerprint density at radius 3 is 2.03 bits per heavy atom. The van der Waals surface area contributed by atoms with E-state index in [0.717, 1.165) is 32.2 Å². The number of benzene rings is 2. The van der Waals surface area contributed by atoms with Gasteiger partial charge in [0.15, 0.2) is 11.5 Å². The third-order valence-corrected chi connectivity index (χ3v) is 6.42. The second-order valence-electron chi connectivity index (χ2n) is 10.5. The molecule has 0 N–H and O–H groups in total. The zero-order valence-corrected chi connectivity index (χ0v) is 22.0. The maximum absolute atomic E-state index is 13.4. The number of Topliss-reactive ketones (excluding diaryl/α,β-unsaturated/α-hetero) is 1. The molecule has 0 saturated carbocycles. The first-order valence-electron chi connectivity index (χ1n) is 11.3. The molecule has 1 heterocycles. The molecule has 0 saturated heterocycles. The number of furan rings is 1. The lowest BCUT2D eigenvalue weighted by Crippen LogP contribution is -2.28. The molecule has 0 fully saturated rings. The highest BCUT2D eigenvalue weighted by atomic mass is 79.9. The second kappa shape index (κ2) is 8.95. The summed E-state index contributed by atoms with van der Waals surface area (Å²) in [5.74, 6) is 0.686. The first kappa shape index (κ1) is 24.1. The molecule has 0 atom stereocenters. The third-order valence-electron chi connectivity index (χ3n) is 5.75. The molecular formula is C29H29BrN2O2. The molecule has 174 valence electrons. The maximum Gasteiger partial charge on any atom is 0.186 e. The molecule has 0 aliphatic heterocycles. The predicted octanol–water partition coefficient (Wildman–Crippen LogP) is 9.22. The van der Waals surface area contributed by atoms with E-state index in [1.54, 1.807) is 0 Å². The van der Waals surface area contributed by atoms with Gasteiger partial charge in [0.2, 0.25) is 0 Å². The van der Waals surface area contributed by atoms with Gasteiger partial charge in [-0.25, -0.2) is 0 Å². The highest BCUT2D eigenvalue weighted by Crippen LogP contribution is 2.41. The van der Waals surface area contributed by atoms with Gasteiger partial charge >= 0.3 is 0 Å². The van der Waals surface area contributed by atoms with Gasteiger partial charge in [-0.3, -0.25) is 4.79 Å². The number of carbonyl (C=O) groups excluding carboxylic acids is 1. The average molecular weight is 517 g/mol. The van der Waals surface area contributed by atoms with Gasteiger partial charge in [0.25, 0.3) is 0 Å². The quantitative estimate of drug-likeness (QED) is 0.325. The number of allylic oxidation sites excluding steroid dienone is 5. The Labute approximate surface area is 209 Å². The lowest BCUT2D eigenvalue weighted by atomic mass is 9.71. The Bertz CT molecular complexity index is 1320. The number of azo groups is 1. The molecule has 2 aromatic carbocycles. The van der Waals surface area contributed by atoms with Gasteiger partial charge in [0.1, 0.15) is 11.3 Å². The minimum absolute atomic E-state index is 0.0791. The maximum atomic E-state index is 13.4. The normalized spacial score (nSPS) is 15.1. The van der Waals surface area contributed by atoms with Crippen molar-refractivity contribution >= 4 is 44.1 Å². The lowest BCUT2D eigenvalue weighted by molar-refractivity contribution is -0.114. The number of halogens is 1. The summed E-state index contributed by atoms with van der Waals surface area (Å²) < 4.78 is 7.05. The van der Waals surface area contributed by atoms with Gasteiger partial charge in [-0.15, -0.1) is 10.2 Å². The number of rotatable bonds is 3. The van der Waals surface area contributed by atoms with Crippen LogP contribution < -0.4 is 0 Å². The van der Waals surface area contributed by atoms with Gasteiger partial charge in [-0.05, 0) is 63.2 Å². The van der Waals surface area contributed by atoms with Crippen LogP contribution in [0.3, 0.4) is 0 Å². The van der Waals surface area contributed by atoms with Crippen molar-refractivity contribution in [2.45, 2.75) is 41.5 Å². The zero-order valence-electron chi connectivity index (χ0n) is 20.4. The molecule has 1 aliphatic carbocycles. The molecule has 34 heavy (non-hydrogen) atoms. The average Bonchev–Trinajstić information content (AvgIpc) is 3.18. The van der Waals surface area contributed by atoms with Crippen LogP contribution in [-0.4, -0.2) is 5.78 Å². The molecule has 0 radical (unpaired) electrons. The van der Waals surface area contributed by atoms with Crippen LogP contribution in [0.4, 0.5) is 5.69 Å². The molecule has 3 aromatic rings. The minimum Gasteiger partial charge on any atom is -0.454 e. The first-order valence-corrected chi connectivity index (χ1v) is 12.1. The molecule has 1 aliphatic rings. The Hall–Kier alpha value is -3.05. The van der Waals surface area contributed by atoms with Crippen molar-refractivity contribution in [1.82, 2.24) is 0 Å². The molecule has 4 nitrogen and oxygen atoms in total. The zero-order chi connectivity index (χ0) is 24.7. The van der Waals surface area contributed by atoms with Crippen molar-refractivity contribution in [3.63, 3.8) is 0 Å². The first-order chi connectivity index (χ1) is 15.9. The van der Waals surface area contributed by atoms with Gasteiger partial charge in [-0.2, -0.15) is 0 Å². The molecule has 4 rings (SSSR count). The van der Waals surface area contributed by atoms with E-state index < -0.39 is 0 Å². The van der Waals surface area contributed by atoms with Crippen LogP contribution in [0.15, 0.2) is 103 Å². The van der Waals surface area contributed by atoms with Gasteiger partial charge in [0, 0.05) is 26.6 Å². The highest BCUT2D eigenvalue weighted by Gasteiger charge is 2.35. The van der Waals surface area contributed by atoms with Crippen molar-refractivity contribution < 1.29 is 9.21 Å². The molecule has 0 spiro atoms. The van der Waals surface area contributed by atoms with E-state index in [1.165, 1.54) is 0 Å². The summed E-state index contributed by atoms with van der Waals surface area (Å²) >= 11 is 3.54. The summed E-state index contributed by atoms with van der Waals surface area (Å²) in [5, 5.41) is 10.2. The van der Waals surface area contributed by atoms with E-state index in [4.69, 9.17) is 4.42 Å². The fourth-order valence-electron chi connectivity index (χ4n) is 3.86. The number of nitrogens with zero attached hydrogens (tertiary/aromatic N) is 2. The second-order valence-corrected chi connectivity index (χ2v) is 11.4. The molecule has 1 aromatic heterocycles. The topological polar surface area (TPSA) is 54.9 Å². The standard InChI is InChI=1S/C29H29BrN2O2/c1-28(2,3)20-15-19(16-21(27(20)33)29(4,5)6)26(32-31-23-13-9-8-12-22(23)30)25-17-18-11-7-10-14-24(18)34-25/h7-17H,1-6H3. The molecule has 5 heteroatoms. The fraction of sp³-hybridized carbons (Fsp3) is 0.276. The Morgan fingerprint density at radius 1 is 0.853 bits per heavy atom. The van der Waals surface area contributed by atoms with Crippen molar-refractivity contribution in [3.05, 3.63) is 93.7 Å². The molecular weight excluding hydrogens is 488 g/mol. The largest absolute Gasteiger partial charge is 0.454 e. The third kappa shape index (κ3) is 4.90. The number of carbonyl (C=O) groups is 1. The highest BCUT2D eigenvalue weighted by molar-refractivity contribution is 9.10. The van der Waals surface area contributed by atoms with Crippen molar-refractivity contribution in [1.29, 1.82) is 0 Å². The molecule has 0 amide bonds. The monoisotopic (exact) mass is 516 g/mol. The fourth-order valence-corrected chi connectivity index (χ4v) is 4.23. The summed E-state index contributed by atoms with van der Waals surface area (Å²) in [4.78, 5) is 13.4. The van der Waals surface area contributed by atoms with Crippen LogP contribution >= 0.6 is 15.9 Å². The SMILES string of the molecule is CC(C)(C)C1=CC(=C(N=Nc2ccccc2Br)c2cc3ccccc3o2)C=C(C(C)(C)C)C1=O. The van der Waals surface area contributed by atoms with Crippen LogP contribution in [0.5, 0.6) is 0 Å². The Morgan fingerprint density at radius 2 is 1.44 bits per heavy atom. The summed E-state index contributed by atoms with van der Waals surface area (Å²) in [6.45, 7) is 12.4. The van der Waals surface area contributed by atoms with Crippen molar-refractivity contribution in [2.75, 3.05) is 0 Å². The number of fused-ring (bicyclic) bond motifs is 1. The van der Waals surface area contributed by atoms with Crippen LogP contribution in [0.1, 0.15) is 47.3 Å². The van der Waals surface area contributed by atoms with E-state index in [1.807, 2.05) is 66.7 Å². The van der Waals surface area contributed by atoms with Crippen LogP contribution in [0, 0.1) is 10.8 Å². The molecule has 0 bridgehead atoms. The smallest absolute Gasteiger partial charge is 0.186 e. The minimum atomic E-state index is -0.328. The van der Waals surface area contributed by atoms with Gasteiger partial charge in [0.05, 0.1) is 5.69 Å². The van der Waals surface area contributed by atoms with Gasteiger partial charge in [-0.1, -0.05) is 71.9 Å². The van der Waals surface area contributed by atoms with Crippen LogP contribution in [0.25, 0.3) is 16.7 Å². The summed E-state index contributed by atoms with van der Waals surface area (Å²) in [7, 11) is 0. The predicted molar refractivity (Wildman–Crippen MR) is 142 cm³/mol. The number of hydrogen-bond donors (Lipinski definition) is 0. The van der Waals surface area contributed by atoms with Crippen molar-refractivity contribution in [2.24, 2.45) is 21.1 Å². The number of hydrogen-bond acceptors (Lipinski definition) is 4. The lowest BCUT2D eigenvalue weighted by Gasteiger charge is -2.31. The van der Waals surface area contributed by atoms with E-state index in [-0.39, 0.29) is 16.6 Å². The number of para-hydroxylation sites is 1. The van der Waals surface area contributed by atoms with E-state index in [9.17, 15) is 4.79 Å². The summed E-state index contributed by atoms with van der Waals surface area (Å²) in [5.41, 5.74) is 3.73. The van der Waals surface area contributed by atoms with E-state index in [2.05, 4.69) is 67.7 Å². The van der Waals surface area contributed by atoms with Gasteiger partial charge < -0.3 is 4.42 Å². The summed E-state index contributed by atoms with van der Waals surface area (Å²) in [6, 6.07) is 17.5.